The van der Waals surface area contributed by atoms with E-state index in [0.29, 0.717) is 6.61 Å². The van der Waals surface area contributed by atoms with Crippen molar-refractivity contribution in [2.75, 3.05) is 6.61 Å². The summed E-state index contributed by atoms with van der Waals surface area (Å²) in [5.41, 5.74) is 0. The highest BCUT2D eigenvalue weighted by molar-refractivity contribution is 4.90. The zero-order chi connectivity index (χ0) is 8.01. The summed E-state index contributed by atoms with van der Waals surface area (Å²) in [5, 5.41) is 18.8. The second kappa shape index (κ2) is 2.42. The molecule has 64 valence electrons. The molecule has 11 heavy (non-hydrogen) atoms. The molecule has 0 amide bonds. The average molecular weight is 160 g/mol. The topological polar surface area (TPSA) is 58.9 Å². The Kier molecular flexibility index (Phi) is 1.64. The molecule has 5 atom stereocenters. The maximum atomic E-state index is 9.42. The van der Waals surface area contributed by atoms with Gasteiger partial charge in [-0.2, -0.15) is 0 Å². The van der Waals surface area contributed by atoms with Crippen LogP contribution in [0.25, 0.3) is 0 Å². The minimum absolute atomic E-state index is 0.135. The van der Waals surface area contributed by atoms with Gasteiger partial charge < -0.3 is 19.7 Å². The molecule has 0 radical (unpaired) electrons. The predicted octanol–water partition coefficient (Wildman–Crippen LogP) is -0.901. The van der Waals surface area contributed by atoms with Crippen molar-refractivity contribution < 1.29 is 19.7 Å². The Labute approximate surface area is 64.7 Å². The van der Waals surface area contributed by atoms with E-state index in [1.165, 1.54) is 0 Å². The number of hydrogen-bond acceptors (Lipinski definition) is 4. The van der Waals surface area contributed by atoms with Crippen molar-refractivity contribution in [3.05, 3.63) is 0 Å². The second-order valence-corrected chi connectivity index (χ2v) is 3.22. The van der Waals surface area contributed by atoms with Crippen LogP contribution >= 0.6 is 0 Å². The van der Waals surface area contributed by atoms with Crippen molar-refractivity contribution in [2.24, 2.45) is 5.92 Å². The van der Waals surface area contributed by atoms with Crippen molar-refractivity contribution in [3.63, 3.8) is 0 Å². The van der Waals surface area contributed by atoms with Crippen molar-refractivity contribution >= 4 is 0 Å². The lowest BCUT2D eigenvalue weighted by Crippen LogP contribution is -2.49. The summed E-state index contributed by atoms with van der Waals surface area (Å²) in [4.78, 5) is 0. The molecular formula is C7H12O4. The van der Waals surface area contributed by atoms with E-state index >= 15 is 0 Å². The quantitative estimate of drug-likeness (QED) is 0.482. The molecule has 0 aromatic rings. The van der Waals surface area contributed by atoms with Crippen LogP contribution in [0.15, 0.2) is 0 Å². The molecule has 2 N–H and O–H groups in total. The Morgan fingerprint density at radius 1 is 1.27 bits per heavy atom. The van der Waals surface area contributed by atoms with Gasteiger partial charge in [0.05, 0.1) is 12.7 Å². The van der Waals surface area contributed by atoms with Gasteiger partial charge in [0, 0.05) is 5.92 Å². The van der Waals surface area contributed by atoms with Crippen LogP contribution in [0.4, 0.5) is 0 Å². The number of ether oxygens (including phenoxy) is 2. The highest BCUT2D eigenvalue weighted by Gasteiger charge is 2.47. The largest absolute Gasteiger partial charge is 0.390 e. The molecular weight excluding hydrogens is 148 g/mol. The first kappa shape index (κ1) is 7.49. The Morgan fingerprint density at radius 2 is 2.00 bits per heavy atom. The zero-order valence-electron chi connectivity index (χ0n) is 6.30. The van der Waals surface area contributed by atoms with E-state index in [1.54, 1.807) is 6.92 Å². The molecule has 2 fully saturated rings. The number of aliphatic hydroxyl groups is 2. The average Bonchev–Trinajstić information content (AvgIpc) is 2.44. The molecule has 0 spiro atoms. The minimum atomic E-state index is -0.788. The standard InChI is InChI=1S/C7H12O4/c1-3-5(8)6(9)4-2-10-7(3)11-4/h3-9H,2H2,1H3/t3-,4-,5-,6-,7-/m1/s1. The molecule has 2 saturated heterocycles. The first-order valence-electron chi connectivity index (χ1n) is 3.83. The summed E-state index contributed by atoms with van der Waals surface area (Å²) in [6, 6.07) is 0. The fourth-order valence-corrected chi connectivity index (χ4v) is 1.59. The van der Waals surface area contributed by atoms with Crippen LogP contribution in [0.2, 0.25) is 0 Å². The van der Waals surface area contributed by atoms with Crippen molar-refractivity contribution in [2.45, 2.75) is 31.5 Å². The van der Waals surface area contributed by atoms with E-state index in [1.807, 2.05) is 0 Å². The van der Waals surface area contributed by atoms with Crippen LogP contribution in [0.3, 0.4) is 0 Å². The van der Waals surface area contributed by atoms with Crippen LogP contribution in [0.5, 0.6) is 0 Å². The molecule has 2 bridgehead atoms. The molecule has 0 unspecified atom stereocenters. The molecule has 4 nitrogen and oxygen atoms in total. The lowest BCUT2D eigenvalue weighted by atomic mass is 9.94. The van der Waals surface area contributed by atoms with Crippen LogP contribution < -0.4 is 0 Å². The van der Waals surface area contributed by atoms with Crippen LogP contribution in [-0.4, -0.2) is 41.4 Å². The summed E-state index contributed by atoms with van der Waals surface area (Å²) in [7, 11) is 0. The Balaban J connectivity index is 2.16. The van der Waals surface area contributed by atoms with Crippen molar-refractivity contribution in [3.8, 4) is 0 Å². The molecule has 2 rings (SSSR count). The van der Waals surface area contributed by atoms with E-state index in [2.05, 4.69) is 0 Å². The summed E-state index contributed by atoms with van der Waals surface area (Å²) in [6.45, 7) is 2.20. The maximum absolute atomic E-state index is 9.42. The van der Waals surface area contributed by atoms with Gasteiger partial charge in [0.15, 0.2) is 6.29 Å². The normalized spacial score (nSPS) is 56.5. The van der Waals surface area contributed by atoms with Crippen LogP contribution in [0, 0.1) is 5.92 Å². The van der Waals surface area contributed by atoms with Crippen LogP contribution in [-0.2, 0) is 9.47 Å². The van der Waals surface area contributed by atoms with Gasteiger partial charge in [-0.15, -0.1) is 0 Å². The highest BCUT2D eigenvalue weighted by atomic mass is 16.7. The predicted molar refractivity (Wildman–Crippen MR) is 35.8 cm³/mol. The summed E-state index contributed by atoms with van der Waals surface area (Å²) in [6.07, 6.45) is -2.14. The van der Waals surface area contributed by atoms with E-state index in [0.717, 1.165) is 0 Å². The number of hydrogen-bond donors (Lipinski definition) is 2. The van der Waals surface area contributed by atoms with E-state index in [-0.39, 0.29) is 18.3 Å². The summed E-state index contributed by atoms with van der Waals surface area (Å²) >= 11 is 0. The monoisotopic (exact) mass is 160 g/mol. The SMILES string of the molecule is C[C@H]1[C@@H]2OC[C@@H](O2)[C@@H](O)[C@@H]1O. The van der Waals surface area contributed by atoms with Gasteiger partial charge in [0.25, 0.3) is 0 Å². The third kappa shape index (κ3) is 0.980. The number of aliphatic hydroxyl groups excluding tert-OH is 2. The van der Waals surface area contributed by atoms with Gasteiger partial charge in [0.2, 0.25) is 0 Å². The van der Waals surface area contributed by atoms with Crippen molar-refractivity contribution in [1.29, 1.82) is 0 Å². The zero-order valence-corrected chi connectivity index (χ0v) is 6.30. The molecule has 2 aliphatic heterocycles. The fourth-order valence-electron chi connectivity index (χ4n) is 1.59. The van der Waals surface area contributed by atoms with Gasteiger partial charge in [-0.05, 0) is 0 Å². The number of fused-ring (bicyclic) bond motifs is 2. The minimum Gasteiger partial charge on any atom is -0.390 e. The molecule has 2 heterocycles. The molecule has 0 aromatic carbocycles. The Bertz CT molecular complexity index is 141. The second-order valence-electron chi connectivity index (χ2n) is 3.22. The van der Waals surface area contributed by atoms with Gasteiger partial charge >= 0.3 is 0 Å². The lowest BCUT2D eigenvalue weighted by molar-refractivity contribution is -0.198. The third-order valence-corrected chi connectivity index (χ3v) is 2.43. The maximum Gasteiger partial charge on any atom is 0.163 e. The van der Waals surface area contributed by atoms with Crippen molar-refractivity contribution in [1.82, 2.24) is 0 Å². The smallest absolute Gasteiger partial charge is 0.163 e. The summed E-state index contributed by atoms with van der Waals surface area (Å²) < 4.78 is 10.4. The molecule has 0 saturated carbocycles. The summed E-state index contributed by atoms with van der Waals surface area (Å²) in [5.74, 6) is -0.135. The van der Waals surface area contributed by atoms with Gasteiger partial charge in [-0.1, -0.05) is 6.92 Å². The Morgan fingerprint density at radius 3 is 2.73 bits per heavy atom. The lowest BCUT2D eigenvalue weighted by Gasteiger charge is -2.33. The molecule has 4 heteroatoms. The van der Waals surface area contributed by atoms with Gasteiger partial charge in [-0.3, -0.25) is 0 Å². The van der Waals surface area contributed by atoms with E-state index in [9.17, 15) is 10.2 Å². The van der Waals surface area contributed by atoms with Gasteiger partial charge in [0.1, 0.15) is 12.2 Å². The highest BCUT2D eigenvalue weighted by Crippen LogP contribution is 2.31. The first-order valence-corrected chi connectivity index (χ1v) is 3.83. The molecule has 2 aliphatic rings. The molecule has 0 aromatic heterocycles. The third-order valence-electron chi connectivity index (χ3n) is 2.43. The molecule has 0 aliphatic carbocycles. The van der Waals surface area contributed by atoms with E-state index in [4.69, 9.17) is 9.47 Å². The number of rotatable bonds is 0. The van der Waals surface area contributed by atoms with E-state index < -0.39 is 12.2 Å². The fraction of sp³-hybridized carbons (Fsp3) is 1.00. The van der Waals surface area contributed by atoms with Gasteiger partial charge in [-0.25, -0.2) is 0 Å². The van der Waals surface area contributed by atoms with Crippen LogP contribution in [0.1, 0.15) is 6.92 Å². The first-order chi connectivity index (χ1) is 5.20. The Hall–Kier alpha value is -0.160.